The van der Waals surface area contributed by atoms with Crippen LogP contribution in [0.2, 0.25) is 0 Å². The smallest absolute Gasteiger partial charge is 0.251 e. The topological polar surface area (TPSA) is 84.5 Å². The Morgan fingerprint density at radius 1 is 1.00 bits per heavy atom. The lowest BCUT2D eigenvalue weighted by Crippen LogP contribution is -2.30. The van der Waals surface area contributed by atoms with Gasteiger partial charge in [0.15, 0.2) is 0 Å². The first-order valence-corrected chi connectivity index (χ1v) is 11.1. The molecule has 0 fully saturated rings. The van der Waals surface area contributed by atoms with Gasteiger partial charge in [-0.1, -0.05) is 32.9 Å². The first-order chi connectivity index (χ1) is 13.5. The van der Waals surface area contributed by atoms with Crippen molar-refractivity contribution in [3.63, 3.8) is 0 Å². The lowest BCUT2D eigenvalue weighted by molar-refractivity contribution is 0.0947. The second kappa shape index (κ2) is 9.41. The summed E-state index contributed by atoms with van der Waals surface area (Å²) in [5.74, 6) is 0.469. The molecule has 0 saturated heterocycles. The van der Waals surface area contributed by atoms with Gasteiger partial charge in [0.1, 0.15) is 12.4 Å². The second-order valence-corrected chi connectivity index (χ2v) is 9.89. The van der Waals surface area contributed by atoms with E-state index in [1.807, 2.05) is 24.3 Å². The maximum Gasteiger partial charge on any atom is 0.251 e. The molecule has 1 amide bonds. The molecule has 2 rings (SSSR count). The van der Waals surface area contributed by atoms with E-state index in [1.54, 1.807) is 13.8 Å². The Kier molecular flexibility index (Phi) is 7.43. The summed E-state index contributed by atoms with van der Waals surface area (Å²) in [5, 5.41) is 2.77. The third-order valence-corrected chi connectivity index (χ3v) is 5.87. The summed E-state index contributed by atoms with van der Waals surface area (Å²) in [5.41, 5.74) is 1.71. The minimum Gasteiger partial charge on any atom is -0.492 e. The number of amides is 1. The van der Waals surface area contributed by atoms with Crippen LogP contribution < -0.4 is 14.8 Å². The van der Waals surface area contributed by atoms with Gasteiger partial charge in [0.25, 0.3) is 5.91 Å². The maximum atomic E-state index is 12.2. The number of carbonyl (C=O) groups excluding carboxylic acids is 1. The number of nitrogens with one attached hydrogen (secondary N) is 2. The number of benzene rings is 2. The minimum absolute atomic E-state index is 0.0895. The molecule has 7 heteroatoms. The molecule has 0 atom stereocenters. The van der Waals surface area contributed by atoms with Crippen molar-refractivity contribution >= 4 is 15.9 Å². The van der Waals surface area contributed by atoms with Crippen LogP contribution in [0.5, 0.6) is 5.75 Å². The van der Waals surface area contributed by atoms with Crippen LogP contribution in [-0.4, -0.2) is 33.5 Å². The van der Waals surface area contributed by atoms with Crippen molar-refractivity contribution in [3.05, 3.63) is 59.7 Å². The van der Waals surface area contributed by atoms with Gasteiger partial charge in [0, 0.05) is 11.6 Å². The number of hydrogen-bond donors (Lipinski definition) is 2. The van der Waals surface area contributed by atoms with Crippen molar-refractivity contribution in [1.29, 1.82) is 0 Å². The lowest BCUT2D eigenvalue weighted by Gasteiger charge is -2.19. The van der Waals surface area contributed by atoms with E-state index in [0.29, 0.717) is 18.7 Å². The van der Waals surface area contributed by atoms with Crippen LogP contribution >= 0.6 is 0 Å². The highest BCUT2D eigenvalue weighted by atomic mass is 32.2. The molecule has 0 aliphatic heterocycles. The zero-order chi connectivity index (χ0) is 21.7. The molecule has 0 spiro atoms. The summed E-state index contributed by atoms with van der Waals surface area (Å²) in [7, 11) is -3.57. The highest BCUT2D eigenvalue weighted by Gasteiger charge is 2.16. The highest BCUT2D eigenvalue weighted by molar-refractivity contribution is 7.89. The van der Waals surface area contributed by atoms with E-state index in [-0.39, 0.29) is 22.3 Å². The maximum absolute atomic E-state index is 12.2. The van der Waals surface area contributed by atoms with Crippen LogP contribution in [0.1, 0.15) is 50.5 Å². The third-order valence-electron chi connectivity index (χ3n) is 4.19. The molecule has 0 bridgehead atoms. The number of hydrogen-bond acceptors (Lipinski definition) is 4. The molecule has 0 heterocycles. The Bertz CT molecular complexity index is 913. The fraction of sp³-hybridized carbons (Fsp3) is 0.409. The molecule has 0 aromatic heterocycles. The summed E-state index contributed by atoms with van der Waals surface area (Å²) in [6, 6.07) is 13.6. The predicted octanol–water partition coefficient (Wildman–Crippen LogP) is 3.48. The quantitative estimate of drug-likeness (QED) is 0.643. The lowest BCUT2D eigenvalue weighted by atomic mass is 9.87. The zero-order valence-electron chi connectivity index (χ0n) is 17.7. The molecular weight excluding hydrogens is 388 g/mol. The summed E-state index contributed by atoms with van der Waals surface area (Å²) < 4.78 is 32.4. The predicted molar refractivity (Wildman–Crippen MR) is 115 cm³/mol. The standard InChI is InChI=1S/C22H30N2O4S/c1-16(2)24-29(26,27)20-12-6-17(7-13-20)21(25)23-14-15-28-19-10-8-18(9-11-19)22(3,4)5/h6-13,16,24H,14-15H2,1-5H3,(H,23,25). The molecule has 0 aliphatic carbocycles. The van der Waals surface area contributed by atoms with Gasteiger partial charge in [-0.15, -0.1) is 0 Å². The Morgan fingerprint density at radius 2 is 1.59 bits per heavy atom. The Labute approximate surface area is 173 Å². The van der Waals surface area contributed by atoms with E-state index in [0.717, 1.165) is 5.75 Å². The van der Waals surface area contributed by atoms with E-state index in [2.05, 4.69) is 30.8 Å². The first-order valence-electron chi connectivity index (χ1n) is 9.63. The van der Waals surface area contributed by atoms with Crippen molar-refractivity contribution < 1.29 is 17.9 Å². The minimum atomic E-state index is -3.57. The number of carbonyl (C=O) groups is 1. The summed E-state index contributed by atoms with van der Waals surface area (Å²) in [6.45, 7) is 10.6. The van der Waals surface area contributed by atoms with Crippen LogP contribution in [-0.2, 0) is 15.4 Å². The molecule has 2 aromatic rings. The first kappa shape index (κ1) is 22.9. The normalized spacial score (nSPS) is 12.1. The van der Waals surface area contributed by atoms with Gasteiger partial charge in [-0.3, -0.25) is 4.79 Å². The van der Waals surface area contributed by atoms with Gasteiger partial charge in [-0.25, -0.2) is 13.1 Å². The van der Waals surface area contributed by atoms with Crippen molar-refractivity contribution in [2.75, 3.05) is 13.2 Å². The van der Waals surface area contributed by atoms with Crippen LogP contribution in [0.25, 0.3) is 0 Å². The average molecular weight is 419 g/mol. The monoisotopic (exact) mass is 418 g/mol. The van der Waals surface area contributed by atoms with Crippen LogP contribution in [0.15, 0.2) is 53.4 Å². The fourth-order valence-electron chi connectivity index (χ4n) is 2.65. The molecule has 0 saturated carbocycles. The van der Waals surface area contributed by atoms with Gasteiger partial charge >= 0.3 is 0 Å². The Hall–Kier alpha value is -2.38. The van der Waals surface area contributed by atoms with E-state index in [4.69, 9.17) is 4.74 Å². The third kappa shape index (κ3) is 6.87. The number of sulfonamides is 1. The number of ether oxygens (including phenoxy) is 1. The van der Waals surface area contributed by atoms with E-state index in [9.17, 15) is 13.2 Å². The van der Waals surface area contributed by atoms with E-state index in [1.165, 1.54) is 29.8 Å². The van der Waals surface area contributed by atoms with Crippen molar-refractivity contribution in [3.8, 4) is 5.75 Å². The van der Waals surface area contributed by atoms with Gasteiger partial charge in [0.05, 0.1) is 11.4 Å². The van der Waals surface area contributed by atoms with Crippen LogP contribution in [0, 0.1) is 0 Å². The van der Waals surface area contributed by atoms with Gasteiger partial charge < -0.3 is 10.1 Å². The van der Waals surface area contributed by atoms with Crippen molar-refractivity contribution in [1.82, 2.24) is 10.0 Å². The SMILES string of the molecule is CC(C)NS(=O)(=O)c1ccc(C(=O)NCCOc2ccc(C(C)(C)C)cc2)cc1. The van der Waals surface area contributed by atoms with E-state index >= 15 is 0 Å². The van der Waals surface area contributed by atoms with Crippen LogP contribution in [0.3, 0.4) is 0 Å². The molecule has 6 nitrogen and oxygen atoms in total. The molecule has 0 radical (unpaired) electrons. The second-order valence-electron chi connectivity index (χ2n) is 8.18. The van der Waals surface area contributed by atoms with Crippen molar-refractivity contribution in [2.45, 2.75) is 51.0 Å². The Balaban J connectivity index is 1.83. The largest absolute Gasteiger partial charge is 0.492 e. The highest BCUT2D eigenvalue weighted by Crippen LogP contribution is 2.24. The fourth-order valence-corrected chi connectivity index (χ4v) is 3.90. The average Bonchev–Trinajstić information content (AvgIpc) is 2.64. The van der Waals surface area contributed by atoms with Crippen molar-refractivity contribution in [2.24, 2.45) is 0 Å². The molecule has 0 unspecified atom stereocenters. The van der Waals surface area contributed by atoms with Gasteiger partial charge in [-0.2, -0.15) is 0 Å². The summed E-state index contributed by atoms with van der Waals surface area (Å²) in [4.78, 5) is 12.3. The van der Waals surface area contributed by atoms with E-state index < -0.39 is 10.0 Å². The van der Waals surface area contributed by atoms with Crippen LogP contribution in [0.4, 0.5) is 0 Å². The zero-order valence-corrected chi connectivity index (χ0v) is 18.5. The molecule has 2 aromatic carbocycles. The summed E-state index contributed by atoms with van der Waals surface area (Å²) in [6.07, 6.45) is 0. The molecule has 29 heavy (non-hydrogen) atoms. The van der Waals surface area contributed by atoms with Gasteiger partial charge in [0.2, 0.25) is 10.0 Å². The van der Waals surface area contributed by atoms with Gasteiger partial charge in [-0.05, 0) is 61.2 Å². The Morgan fingerprint density at radius 3 is 2.10 bits per heavy atom. The molecule has 158 valence electrons. The molecular formula is C22H30N2O4S. The summed E-state index contributed by atoms with van der Waals surface area (Å²) >= 11 is 0. The molecule has 2 N–H and O–H groups in total. The number of rotatable bonds is 8. The molecule has 0 aliphatic rings.